The van der Waals surface area contributed by atoms with Gasteiger partial charge in [0.1, 0.15) is 5.65 Å². The molecule has 0 radical (unpaired) electrons. The SMILES string of the molecule is O=C1C[C@@H](c2ccccc2)N1c1ccn2ccnc2c1. The number of amides is 1. The van der Waals surface area contributed by atoms with Crippen LogP contribution in [0.4, 0.5) is 5.69 Å². The molecule has 0 bridgehead atoms. The van der Waals surface area contributed by atoms with E-state index >= 15 is 0 Å². The number of β-lactam (4-membered cyclic amide) rings is 1. The van der Waals surface area contributed by atoms with Gasteiger partial charge in [0.25, 0.3) is 0 Å². The van der Waals surface area contributed by atoms with E-state index in [2.05, 4.69) is 17.1 Å². The third-order valence-electron chi connectivity index (χ3n) is 3.79. The predicted octanol–water partition coefficient (Wildman–Crippen LogP) is 2.81. The molecule has 2 aromatic heterocycles. The maximum Gasteiger partial charge on any atom is 0.230 e. The van der Waals surface area contributed by atoms with Crippen molar-refractivity contribution in [3.05, 3.63) is 66.6 Å². The highest BCUT2D eigenvalue weighted by molar-refractivity contribution is 6.01. The van der Waals surface area contributed by atoms with Gasteiger partial charge in [0.2, 0.25) is 5.91 Å². The first-order chi connectivity index (χ1) is 9.83. The van der Waals surface area contributed by atoms with E-state index in [-0.39, 0.29) is 11.9 Å². The molecule has 1 aliphatic rings. The molecule has 1 fully saturated rings. The van der Waals surface area contributed by atoms with Crippen molar-refractivity contribution in [2.45, 2.75) is 12.5 Å². The van der Waals surface area contributed by atoms with Crippen LogP contribution in [0, 0.1) is 0 Å². The van der Waals surface area contributed by atoms with Gasteiger partial charge < -0.3 is 9.30 Å². The highest BCUT2D eigenvalue weighted by Crippen LogP contribution is 2.38. The molecule has 0 aliphatic carbocycles. The minimum atomic E-state index is 0.140. The van der Waals surface area contributed by atoms with E-state index in [0.717, 1.165) is 11.3 Å². The summed E-state index contributed by atoms with van der Waals surface area (Å²) in [5, 5.41) is 0. The summed E-state index contributed by atoms with van der Waals surface area (Å²) in [7, 11) is 0. The third-order valence-corrected chi connectivity index (χ3v) is 3.79. The molecular formula is C16H13N3O. The van der Waals surface area contributed by atoms with Gasteiger partial charge in [-0.05, 0) is 11.6 Å². The largest absolute Gasteiger partial charge is 0.307 e. The Hall–Kier alpha value is -2.62. The molecule has 1 aromatic carbocycles. The first-order valence-corrected chi connectivity index (χ1v) is 6.63. The van der Waals surface area contributed by atoms with Gasteiger partial charge in [0.05, 0.1) is 12.5 Å². The molecule has 98 valence electrons. The molecule has 0 unspecified atom stereocenters. The summed E-state index contributed by atoms with van der Waals surface area (Å²) in [4.78, 5) is 18.1. The van der Waals surface area contributed by atoms with Gasteiger partial charge in [-0.15, -0.1) is 0 Å². The lowest BCUT2D eigenvalue weighted by atomic mass is 9.93. The van der Waals surface area contributed by atoms with Crippen molar-refractivity contribution in [2.24, 2.45) is 0 Å². The van der Waals surface area contributed by atoms with E-state index in [1.165, 1.54) is 5.56 Å². The summed E-state index contributed by atoms with van der Waals surface area (Å²) in [6.07, 6.45) is 6.16. The Morgan fingerprint density at radius 3 is 2.75 bits per heavy atom. The van der Waals surface area contributed by atoms with Crippen molar-refractivity contribution in [1.82, 2.24) is 9.38 Å². The zero-order chi connectivity index (χ0) is 13.5. The maximum absolute atomic E-state index is 12.0. The normalized spacial score (nSPS) is 18.3. The van der Waals surface area contributed by atoms with Crippen LogP contribution in [0.15, 0.2) is 61.1 Å². The second-order valence-electron chi connectivity index (χ2n) is 4.97. The monoisotopic (exact) mass is 263 g/mol. The number of anilines is 1. The molecule has 1 saturated heterocycles. The molecule has 1 aliphatic heterocycles. The molecule has 20 heavy (non-hydrogen) atoms. The highest BCUT2D eigenvalue weighted by atomic mass is 16.2. The Kier molecular flexibility index (Phi) is 2.36. The van der Waals surface area contributed by atoms with Crippen LogP contribution in [-0.2, 0) is 4.79 Å². The van der Waals surface area contributed by atoms with E-state index in [1.54, 1.807) is 6.20 Å². The number of aromatic nitrogens is 2. The summed E-state index contributed by atoms with van der Waals surface area (Å²) in [6.45, 7) is 0. The van der Waals surface area contributed by atoms with Crippen LogP contribution in [-0.4, -0.2) is 15.3 Å². The van der Waals surface area contributed by atoms with Crippen molar-refractivity contribution >= 4 is 17.2 Å². The fourth-order valence-corrected chi connectivity index (χ4v) is 2.73. The van der Waals surface area contributed by atoms with Gasteiger partial charge in [0.15, 0.2) is 0 Å². The second-order valence-corrected chi connectivity index (χ2v) is 4.97. The lowest BCUT2D eigenvalue weighted by molar-refractivity contribution is -0.124. The van der Waals surface area contributed by atoms with Crippen LogP contribution in [0.25, 0.3) is 5.65 Å². The van der Waals surface area contributed by atoms with Crippen LogP contribution >= 0.6 is 0 Å². The number of carbonyl (C=O) groups excluding carboxylic acids is 1. The molecule has 0 spiro atoms. The summed E-state index contributed by atoms with van der Waals surface area (Å²) in [5.74, 6) is 0.162. The van der Waals surface area contributed by atoms with Crippen molar-refractivity contribution < 1.29 is 4.79 Å². The quantitative estimate of drug-likeness (QED) is 0.667. The van der Waals surface area contributed by atoms with Gasteiger partial charge in [-0.3, -0.25) is 4.79 Å². The summed E-state index contributed by atoms with van der Waals surface area (Å²) < 4.78 is 1.94. The number of nitrogens with zero attached hydrogens (tertiary/aromatic N) is 3. The molecule has 1 atom stereocenters. The Bertz CT molecular complexity index is 779. The Morgan fingerprint density at radius 1 is 1.10 bits per heavy atom. The van der Waals surface area contributed by atoms with Crippen LogP contribution in [0.1, 0.15) is 18.0 Å². The van der Waals surface area contributed by atoms with Crippen LogP contribution in [0.3, 0.4) is 0 Å². The number of imidazole rings is 1. The minimum Gasteiger partial charge on any atom is -0.307 e. The van der Waals surface area contributed by atoms with Crippen molar-refractivity contribution in [3.8, 4) is 0 Å². The average molecular weight is 263 g/mol. The molecule has 3 heterocycles. The lowest BCUT2D eigenvalue weighted by Crippen LogP contribution is -2.46. The van der Waals surface area contributed by atoms with Gasteiger partial charge in [0, 0.05) is 30.3 Å². The first-order valence-electron chi connectivity index (χ1n) is 6.63. The van der Waals surface area contributed by atoms with E-state index in [1.807, 2.05) is 52.0 Å². The van der Waals surface area contributed by atoms with E-state index in [0.29, 0.717) is 6.42 Å². The smallest absolute Gasteiger partial charge is 0.230 e. The molecule has 3 aromatic rings. The minimum absolute atomic E-state index is 0.140. The summed E-state index contributed by atoms with van der Waals surface area (Å²) in [5.41, 5.74) is 2.94. The predicted molar refractivity (Wildman–Crippen MR) is 76.5 cm³/mol. The fourth-order valence-electron chi connectivity index (χ4n) is 2.73. The topological polar surface area (TPSA) is 37.6 Å². The number of hydrogen-bond acceptors (Lipinski definition) is 2. The lowest BCUT2D eigenvalue weighted by Gasteiger charge is -2.40. The Labute approximate surface area is 116 Å². The zero-order valence-electron chi connectivity index (χ0n) is 10.8. The molecular weight excluding hydrogens is 250 g/mol. The molecule has 0 N–H and O–H groups in total. The van der Waals surface area contributed by atoms with E-state index < -0.39 is 0 Å². The van der Waals surface area contributed by atoms with Gasteiger partial charge in [-0.25, -0.2) is 4.98 Å². The number of pyridine rings is 1. The highest BCUT2D eigenvalue weighted by Gasteiger charge is 2.38. The third kappa shape index (κ3) is 1.61. The van der Waals surface area contributed by atoms with Gasteiger partial charge in [-0.2, -0.15) is 0 Å². The molecule has 1 amide bonds. The van der Waals surface area contributed by atoms with E-state index in [4.69, 9.17) is 0 Å². The zero-order valence-corrected chi connectivity index (χ0v) is 10.8. The van der Waals surface area contributed by atoms with Gasteiger partial charge in [-0.1, -0.05) is 30.3 Å². The average Bonchev–Trinajstić information content (AvgIpc) is 2.93. The Balaban J connectivity index is 1.74. The summed E-state index contributed by atoms with van der Waals surface area (Å²) in [6, 6.07) is 14.2. The molecule has 4 heteroatoms. The van der Waals surface area contributed by atoms with Gasteiger partial charge >= 0.3 is 0 Å². The number of fused-ring (bicyclic) bond motifs is 1. The molecule has 4 rings (SSSR count). The summed E-state index contributed by atoms with van der Waals surface area (Å²) >= 11 is 0. The van der Waals surface area contributed by atoms with Crippen molar-refractivity contribution in [1.29, 1.82) is 0 Å². The van der Waals surface area contributed by atoms with Crippen LogP contribution in [0.5, 0.6) is 0 Å². The standard InChI is InChI=1S/C16H13N3O/c20-16-11-14(12-4-2-1-3-5-12)19(16)13-6-8-18-9-7-17-15(18)10-13/h1-10,14H,11H2/t14-/m0/s1. The van der Waals surface area contributed by atoms with Crippen molar-refractivity contribution in [2.75, 3.05) is 4.90 Å². The second kappa shape index (κ2) is 4.20. The van der Waals surface area contributed by atoms with Crippen LogP contribution in [0.2, 0.25) is 0 Å². The fraction of sp³-hybridized carbons (Fsp3) is 0.125. The number of benzene rings is 1. The molecule has 0 saturated carbocycles. The number of carbonyl (C=O) groups is 1. The number of rotatable bonds is 2. The number of hydrogen-bond donors (Lipinski definition) is 0. The molecule has 4 nitrogen and oxygen atoms in total. The Morgan fingerprint density at radius 2 is 1.95 bits per heavy atom. The maximum atomic E-state index is 12.0. The van der Waals surface area contributed by atoms with E-state index in [9.17, 15) is 4.79 Å². The first kappa shape index (κ1) is 11.2. The van der Waals surface area contributed by atoms with Crippen LogP contribution < -0.4 is 4.90 Å². The van der Waals surface area contributed by atoms with Crippen molar-refractivity contribution in [3.63, 3.8) is 0 Å².